The maximum absolute atomic E-state index is 11.8. The van der Waals surface area contributed by atoms with Crippen LogP contribution in [0.4, 0.5) is 13.2 Å². The van der Waals surface area contributed by atoms with Crippen LogP contribution in [0.1, 0.15) is 13.3 Å². The molecule has 1 N–H and O–H groups in total. The molecule has 0 amide bonds. The molecule has 0 aromatic heterocycles. The zero-order chi connectivity index (χ0) is 12.0. The highest BCUT2D eigenvalue weighted by molar-refractivity contribution is 4.83. The molecule has 0 atom stereocenters. The van der Waals surface area contributed by atoms with Crippen LogP contribution in [0, 0.1) is 0 Å². The van der Waals surface area contributed by atoms with Crippen molar-refractivity contribution < 1.29 is 17.9 Å². The summed E-state index contributed by atoms with van der Waals surface area (Å²) in [5.74, 6) is 0. The molecule has 0 unspecified atom stereocenters. The monoisotopic (exact) mass is 240 g/mol. The number of hydrogen-bond acceptors (Lipinski definition) is 3. The largest absolute Gasteiger partial charge is 0.411 e. The predicted octanol–water partition coefficient (Wildman–Crippen LogP) is 1.25. The van der Waals surface area contributed by atoms with Crippen molar-refractivity contribution in [1.29, 1.82) is 0 Å². The van der Waals surface area contributed by atoms with Crippen molar-refractivity contribution in [3.8, 4) is 0 Å². The molecule has 0 aromatic carbocycles. The first-order valence-electron chi connectivity index (χ1n) is 5.62. The van der Waals surface area contributed by atoms with Crippen molar-refractivity contribution in [2.75, 3.05) is 39.4 Å². The lowest BCUT2D eigenvalue weighted by molar-refractivity contribution is -0.174. The third kappa shape index (κ3) is 5.14. The van der Waals surface area contributed by atoms with E-state index >= 15 is 0 Å². The van der Waals surface area contributed by atoms with Crippen LogP contribution in [0.2, 0.25) is 0 Å². The Kier molecular flexibility index (Phi) is 5.51. The number of nitrogens with one attached hydrogen (secondary N) is 1. The molecule has 1 fully saturated rings. The Labute approximate surface area is 93.9 Å². The van der Waals surface area contributed by atoms with E-state index < -0.39 is 12.8 Å². The second-order valence-corrected chi connectivity index (χ2v) is 3.96. The summed E-state index contributed by atoms with van der Waals surface area (Å²) in [6.45, 7) is 4.82. The van der Waals surface area contributed by atoms with Gasteiger partial charge in [-0.3, -0.25) is 4.90 Å². The molecule has 0 saturated carbocycles. The quantitative estimate of drug-likeness (QED) is 0.678. The first kappa shape index (κ1) is 13.7. The molecule has 6 heteroatoms. The van der Waals surface area contributed by atoms with Gasteiger partial charge < -0.3 is 10.1 Å². The van der Waals surface area contributed by atoms with Gasteiger partial charge in [-0.05, 0) is 13.0 Å². The zero-order valence-electron chi connectivity index (χ0n) is 9.52. The van der Waals surface area contributed by atoms with Crippen molar-refractivity contribution in [1.82, 2.24) is 10.2 Å². The van der Waals surface area contributed by atoms with Gasteiger partial charge in [-0.15, -0.1) is 0 Å². The van der Waals surface area contributed by atoms with E-state index in [0.29, 0.717) is 12.5 Å². The van der Waals surface area contributed by atoms with E-state index in [1.54, 1.807) is 0 Å². The molecule has 1 rings (SSSR count). The van der Waals surface area contributed by atoms with Crippen LogP contribution in [-0.2, 0) is 4.74 Å². The van der Waals surface area contributed by atoms with Crippen LogP contribution in [-0.4, -0.2) is 56.5 Å². The number of nitrogens with zero attached hydrogens (tertiary/aromatic N) is 1. The van der Waals surface area contributed by atoms with E-state index in [9.17, 15) is 13.2 Å². The summed E-state index contributed by atoms with van der Waals surface area (Å²) in [7, 11) is 0. The van der Waals surface area contributed by atoms with E-state index in [0.717, 1.165) is 26.2 Å². The maximum Gasteiger partial charge on any atom is 0.411 e. The number of likely N-dealkylation sites (N-methyl/N-ethyl adjacent to an activating group) is 1. The first-order chi connectivity index (χ1) is 7.53. The molecular formula is C10H19F3N2O. The van der Waals surface area contributed by atoms with Crippen molar-refractivity contribution in [2.24, 2.45) is 0 Å². The van der Waals surface area contributed by atoms with Crippen LogP contribution in [0.3, 0.4) is 0 Å². The summed E-state index contributed by atoms with van der Waals surface area (Å²) in [4.78, 5) is 2.27. The van der Waals surface area contributed by atoms with Gasteiger partial charge in [-0.2, -0.15) is 13.2 Å². The number of halogens is 3. The second kappa shape index (κ2) is 6.42. The molecule has 1 saturated heterocycles. The predicted molar refractivity (Wildman–Crippen MR) is 55.4 cm³/mol. The first-order valence-corrected chi connectivity index (χ1v) is 5.62. The van der Waals surface area contributed by atoms with Crippen molar-refractivity contribution in [3.05, 3.63) is 0 Å². The Morgan fingerprint density at radius 3 is 2.50 bits per heavy atom. The van der Waals surface area contributed by atoms with Crippen LogP contribution in [0.25, 0.3) is 0 Å². The summed E-state index contributed by atoms with van der Waals surface area (Å²) < 4.78 is 39.8. The summed E-state index contributed by atoms with van der Waals surface area (Å²) in [5, 5.41) is 3.18. The Morgan fingerprint density at radius 2 is 2.06 bits per heavy atom. The lowest BCUT2D eigenvalue weighted by Crippen LogP contribution is -2.57. The van der Waals surface area contributed by atoms with E-state index in [4.69, 9.17) is 0 Å². The summed E-state index contributed by atoms with van der Waals surface area (Å²) in [6.07, 6.45) is -3.55. The fourth-order valence-corrected chi connectivity index (χ4v) is 1.69. The van der Waals surface area contributed by atoms with E-state index in [1.165, 1.54) is 0 Å². The fraction of sp³-hybridized carbons (Fsp3) is 1.00. The molecular weight excluding hydrogens is 221 g/mol. The minimum atomic E-state index is -4.21. The van der Waals surface area contributed by atoms with Gasteiger partial charge in [0.1, 0.15) is 6.61 Å². The van der Waals surface area contributed by atoms with Gasteiger partial charge in [0.05, 0.1) is 0 Å². The van der Waals surface area contributed by atoms with Crippen molar-refractivity contribution in [2.45, 2.75) is 25.6 Å². The highest BCUT2D eigenvalue weighted by Gasteiger charge is 2.27. The van der Waals surface area contributed by atoms with Gasteiger partial charge in [0.15, 0.2) is 0 Å². The number of rotatable bonds is 7. The van der Waals surface area contributed by atoms with Crippen LogP contribution >= 0.6 is 0 Å². The van der Waals surface area contributed by atoms with Gasteiger partial charge in [0.25, 0.3) is 0 Å². The molecule has 1 aliphatic rings. The minimum absolute atomic E-state index is 0.177. The minimum Gasteiger partial charge on any atom is -0.372 e. The van der Waals surface area contributed by atoms with Gasteiger partial charge >= 0.3 is 6.18 Å². The van der Waals surface area contributed by atoms with E-state index in [2.05, 4.69) is 21.9 Å². The third-order valence-corrected chi connectivity index (χ3v) is 2.68. The molecule has 3 nitrogen and oxygen atoms in total. The number of ether oxygens (including phenoxy) is 1. The van der Waals surface area contributed by atoms with Gasteiger partial charge in [-0.1, -0.05) is 6.92 Å². The highest BCUT2D eigenvalue weighted by Crippen LogP contribution is 2.14. The average molecular weight is 240 g/mol. The van der Waals surface area contributed by atoms with E-state index in [1.807, 2.05) is 0 Å². The average Bonchev–Trinajstić information content (AvgIpc) is 2.10. The van der Waals surface area contributed by atoms with Crippen LogP contribution < -0.4 is 5.32 Å². The number of hydrogen-bond donors (Lipinski definition) is 1. The van der Waals surface area contributed by atoms with Crippen molar-refractivity contribution >= 4 is 0 Å². The van der Waals surface area contributed by atoms with Crippen LogP contribution in [0.15, 0.2) is 0 Å². The van der Waals surface area contributed by atoms with Gasteiger partial charge in [-0.25, -0.2) is 0 Å². The molecule has 96 valence electrons. The topological polar surface area (TPSA) is 24.5 Å². The van der Waals surface area contributed by atoms with E-state index in [-0.39, 0.29) is 6.61 Å². The molecule has 1 aliphatic heterocycles. The molecule has 0 bridgehead atoms. The Balaban J connectivity index is 2.00. The lowest BCUT2D eigenvalue weighted by atomic mass is 10.1. The number of alkyl halides is 3. The molecule has 16 heavy (non-hydrogen) atoms. The smallest absolute Gasteiger partial charge is 0.372 e. The summed E-state index contributed by atoms with van der Waals surface area (Å²) >= 11 is 0. The molecule has 0 radical (unpaired) electrons. The lowest BCUT2D eigenvalue weighted by Gasteiger charge is -2.37. The maximum atomic E-state index is 11.8. The normalized spacial score (nSPS) is 17.8. The summed E-state index contributed by atoms with van der Waals surface area (Å²) in [6, 6.07) is 0.549. The molecule has 0 aromatic rings. The van der Waals surface area contributed by atoms with Gasteiger partial charge in [0.2, 0.25) is 0 Å². The Morgan fingerprint density at radius 1 is 1.38 bits per heavy atom. The third-order valence-electron chi connectivity index (χ3n) is 2.68. The standard InChI is InChI=1S/C10H19F3N2O/c1-2-15(9-6-14-7-9)4-3-5-16-8-10(11,12)13/h9,14H,2-8H2,1H3. The second-order valence-electron chi connectivity index (χ2n) is 3.96. The Bertz CT molecular complexity index is 195. The fourth-order valence-electron chi connectivity index (χ4n) is 1.69. The highest BCUT2D eigenvalue weighted by atomic mass is 19.4. The molecule has 0 aliphatic carbocycles. The summed E-state index contributed by atoms with van der Waals surface area (Å²) in [5.41, 5.74) is 0. The van der Waals surface area contributed by atoms with Gasteiger partial charge in [0, 0.05) is 32.3 Å². The SMILES string of the molecule is CCN(CCCOCC(F)(F)F)C1CNC1. The van der Waals surface area contributed by atoms with Crippen molar-refractivity contribution in [3.63, 3.8) is 0 Å². The molecule has 0 spiro atoms. The molecule has 1 heterocycles. The zero-order valence-corrected chi connectivity index (χ0v) is 9.52. The Hall–Kier alpha value is -0.330. The van der Waals surface area contributed by atoms with Crippen LogP contribution in [0.5, 0.6) is 0 Å².